The summed E-state index contributed by atoms with van der Waals surface area (Å²) >= 11 is 0. The molecule has 0 amide bonds. The van der Waals surface area contributed by atoms with Crippen LogP contribution < -0.4 is 5.32 Å². The zero-order valence-corrected chi connectivity index (χ0v) is 11.9. The summed E-state index contributed by atoms with van der Waals surface area (Å²) < 4.78 is 19.8. The molecule has 21 heavy (non-hydrogen) atoms. The third kappa shape index (κ3) is 2.71. The van der Waals surface area contributed by atoms with Gasteiger partial charge < -0.3 is 10.1 Å². The Hall–Kier alpha value is -1.71. The van der Waals surface area contributed by atoms with E-state index in [4.69, 9.17) is 4.74 Å². The number of benzene rings is 2. The van der Waals surface area contributed by atoms with Crippen molar-refractivity contribution in [1.82, 2.24) is 5.32 Å². The second-order valence-corrected chi connectivity index (χ2v) is 5.95. The van der Waals surface area contributed by atoms with Crippen LogP contribution in [-0.4, -0.2) is 6.04 Å². The molecule has 2 aromatic rings. The number of rotatable bonds is 4. The van der Waals surface area contributed by atoms with Gasteiger partial charge in [0.2, 0.25) is 0 Å². The highest BCUT2D eigenvalue weighted by Gasteiger charge is 2.20. The predicted molar refractivity (Wildman–Crippen MR) is 80.2 cm³/mol. The zero-order valence-electron chi connectivity index (χ0n) is 11.9. The maximum atomic E-state index is 14.4. The average Bonchev–Trinajstić information content (AvgIpc) is 3.21. The second-order valence-electron chi connectivity index (χ2n) is 5.95. The molecule has 2 aliphatic rings. The third-order valence-electron chi connectivity index (χ3n) is 4.24. The Labute approximate surface area is 123 Å². The number of hydrogen-bond donors (Lipinski definition) is 1. The highest BCUT2D eigenvalue weighted by Crippen LogP contribution is 2.29. The smallest absolute Gasteiger partial charge is 0.131 e. The van der Waals surface area contributed by atoms with E-state index in [1.54, 1.807) is 6.07 Å². The van der Waals surface area contributed by atoms with Crippen molar-refractivity contribution in [3.8, 4) is 11.1 Å². The molecule has 0 aromatic heterocycles. The molecule has 1 fully saturated rings. The van der Waals surface area contributed by atoms with E-state index in [-0.39, 0.29) is 5.82 Å². The number of hydrogen-bond acceptors (Lipinski definition) is 2. The lowest BCUT2D eigenvalue weighted by Gasteiger charge is -2.09. The Morgan fingerprint density at radius 2 is 1.90 bits per heavy atom. The molecular weight excluding hydrogens is 265 g/mol. The summed E-state index contributed by atoms with van der Waals surface area (Å²) in [6.45, 7) is 2.05. The van der Waals surface area contributed by atoms with Crippen LogP contribution in [-0.2, 0) is 24.5 Å². The molecule has 1 N–H and O–H groups in total. The van der Waals surface area contributed by atoms with E-state index >= 15 is 0 Å². The first-order valence-corrected chi connectivity index (χ1v) is 7.51. The minimum atomic E-state index is -0.149. The van der Waals surface area contributed by atoms with Gasteiger partial charge in [-0.1, -0.05) is 24.3 Å². The van der Waals surface area contributed by atoms with E-state index in [1.165, 1.54) is 24.0 Å². The molecule has 108 valence electrons. The monoisotopic (exact) mass is 283 g/mol. The van der Waals surface area contributed by atoms with Crippen molar-refractivity contribution in [2.75, 3.05) is 0 Å². The normalized spacial score (nSPS) is 17.0. The van der Waals surface area contributed by atoms with Gasteiger partial charge in [0, 0.05) is 18.2 Å². The number of nitrogens with one attached hydrogen (secondary N) is 1. The van der Waals surface area contributed by atoms with E-state index < -0.39 is 0 Å². The van der Waals surface area contributed by atoms with Gasteiger partial charge in [-0.15, -0.1) is 0 Å². The molecular formula is C18H18FNO. The third-order valence-corrected chi connectivity index (χ3v) is 4.24. The molecule has 2 aromatic carbocycles. The lowest BCUT2D eigenvalue weighted by Crippen LogP contribution is -2.15. The van der Waals surface area contributed by atoms with Gasteiger partial charge in [0.25, 0.3) is 0 Å². The van der Waals surface area contributed by atoms with E-state index in [2.05, 4.69) is 5.32 Å². The van der Waals surface area contributed by atoms with Gasteiger partial charge in [0.05, 0.1) is 13.2 Å². The largest absolute Gasteiger partial charge is 0.372 e. The summed E-state index contributed by atoms with van der Waals surface area (Å²) in [6.07, 6.45) is 2.50. The minimum Gasteiger partial charge on any atom is -0.372 e. The predicted octanol–water partition coefficient (Wildman–Crippen LogP) is 3.77. The van der Waals surface area contributed by atoms with Crippen LogP contribution in [0, 0.1) is 5.82 Å². The number of ether oxygens (including phenoxy) is 1. The number of halogens is 1. The van der Waals surface area contributed by atoms with E-state index in [1.807, 2.05) is 30.3 Å². The molecule has 0 unspecified atom stereocenters. The minimum absolute atomic E-state index is 0.149. The van der Waals surface area contributed by atoms with Crippen LogP contribution in [0.25, 0.3) is 11.1 Å². The van der Waals surface area contributed by atoms with E-state index in [0.717, 1.165) is 17.7 Å². The van der Waals surface area contributed by atoms with Crippen molar-refractivity contribution in [3.05, 3.63) is 58.9 Å². The van der Waals surface area contributed by atoms with Crippen LogP contribution in [0.1, 0.15) is 29.5 Å². The fourth-order valence-corrected chi connectivity index (χ4v) is 2.79. The van der Waals surface area contributed by atoms with Gasteiger partial charge in [0.15, 0.2) is 0 Å². The van der Waals surface area contributed by atoms with Crippen molar-refractivity contribution in [2.24, 2.45) is 0 Å². The SMILES string of the molecule is Fc1cc(CNC2CC2)ccc1-c1ccc2c(c1)COC2. The highest BCUT2D eigenvalue weighted by atomic mass is 19.1. The first kappa shape index (κ1) is 13.0. The second kappa shape index (κ2) is 5.24. The van der Waals surface area contributed by atoms with E-state index in [0.29, 0.717) is 24.8 Å². The lowest BCUT2D eigenvalue weighted by molar-refractivity contribution is 0.134. The molecule has 1 saturated carbocycles. The van der Waals surface area contributed by atoms with Crippen LogP contribution in [0.15, 0.2) is 36.4 Å². The fraction of sp³-hybridized carbons (Fsp3) is 0.333. The first-order valence-electron chi connectivity index (χ1n) is 7.51. The topological polar surface area (TPSA) is 21.3 Å². The maximum absolute atomic E-state index is 14.4. The molecule has 0 radical (unpaired) electrons. The van der Waals surface area contributed by atoms with Crippen molar-refractivity contribution in [2.45, 2.75) is 38.6 Å². The van der Waals surface area contributed by atoms with Gasteiger partial charge in [-0.3, -0.25) is 0 Å². The first-order chi connectivity index (χ1) is 10.3. The fourth-order valence-electron chi connectivity index (χ4n) is 2.79. The Kier molecular flexibility index (Phi) is 3.24. The Morgan fingerprint density at radius 3 is 2.71 bits per heavy atom. The van der Waals surface area contributed by atoms with Crippen LogP contribution in [0.5, 0.6) is 0 Å². The highest BCUT2D eigenvalue weighted by molar-refractivity contribution is 5.66. The van der Waals surface area contributed by atoms with Crippen LogP contribution >= 0.6 is 0 Å². The Balaban J connectivity index is 1.59. The Morgan fingerprint density at radius 1 is 1.05 bits per heavy atom. The summed E-state index contributed by atoms with van der Waals surface area (Å²) in [5.41, 5.74) is 4.99. The van der Waals surface area contributed by atoms with Gasteiger partial charge >= 0.3 is 0 Å². The molecule has 1 aliphatic carbocycles. The van der Waals surface area contributed by atoms with Gasteiger partial charge in [-0.25, -0.2) is 4.39 Å². The molecule has 0 atom stereocenters. The zero-order chi connectivity index (χ0) is 14.2. The molecule has 2 nitrogen and oxygen atoms in total. The van der Waals surface area contributed by atoms with Crippen molar-refractivity contribution >= 4 is 0 Å². The Bertz CT molecular complexity index is 679. The summed E-state index contributed by atoms with van der Waals surface area (Å²) in [6, 6.07) is 12.3. The molecule has 1 aliphatic heterocycles. The van der Waals surface area contributed by atoms with Gasteiger partial charge in [0.1, 0.15) is 5.82 Å². The summed E-state index contributed by atoms with van der Waals surface area (Å²) in [7, 11) is 0. The average molecular weight is 283 g/mol. The molecule has 3 heteroatoms. The van der Waals surface area contributed by atoms with Crippen molar-refractivity contribution in [3.63, 3.8) is 0 Å². The molecule has 1 heterocycles. The maximum Gasteiger partial charge on any atom is 0.131 e. The quantitative estimate of drug-likeness (QED) is 0.922. The summed E-state index contributed by atoms with van der Waals surface area (Å²) in [5.74, 6) is -0.149. The molecule has 4 rings (SSSR count). The van der Waals surface area contributed by atoms with Gasteiger partial charge in [-0.05, 0) is 47.2 Å². The molecule has 0 bridgehead atoms. The summed E-state index contributed by atoms with van der Waals surface area (Å²) in [4.78, 5) is 0. The van der Waals surface area contributed by atoms with Crippen molar-refractivity contribution < 1.29 is 9.13 Å². The molecule has 0 saturated heterocycles. The van der Waals surface area contributed by atoms with Crippen LogP contribution in [0.2, 0.25) is 0 Å². The van der Waals surface area contributed by atoms with E-state index in [9.17, 15) is 4.39 Å². The standard InChI is InChI=1S/C18H18FNO/c19-18-7-12(9-20-16-4-5-16)1-6-17(18)13-2-3-14-10-21-11-15(14)8-13/h1-3,6-8,16,20H,4-5,9-11H2. The van der Waals surface area contributed by atoms with Crippen LogP contribution in [0.4, 0.5) is 4.39 Å². The van der Waals surface area contributed by atoms with Crippen molar-refractivity contribution in [1.29, 1.82) is 0 Å². The molecule has 0 spiro atoms. The summed E-state index contributed by atoms with van der Waals surface area (Å²) in [5, 5.41) is 3.41. The lowest BCUT2D eigenvalue weighted by atomic mass is 9.99. The van der Waals surface area contributed by atoms with Crippen LogP contribution in [0.3, 0.4) is 0 Å². The number of fused-ring (bicyclic) bond motifs is 1. The van der Waals surface area contributed by atoms with Gasteiger partial charge in [-0.2, -0.15) is 0 Å².